The zero-order chi connectivity index (χ0) is 17.5. The number of carbonyl (C=O) groups excluding carboxylic acids is 2. The van der Waals surface area contributed by atoms with Gasteiger partial charge in [-0.15, -0.1) is 0 Å². The Morgan fingerprint density at radius 3 is 2.50 bits per heavy atom. The molecule has 2 amide bonds. The van der Waals surface area contributed by atoms with Gasteiger partial charge in [0.2, 0.25) is 5.91 Å². The third-order valence-electron chi connectivity index (χ3n) is 3.08. The number of nitrogens with one attached hydrogen (secondary N) is 3. The summed E-state index contributed by atoms with van der Waals surface area (Å²) in [6.07, 6.45) is 2.81. The fraction of sp³-hybridized carbons (Fsp3) is 0.118. The monoisotopic (exact) mass is 343 g/mol. The van der Waals surface area contributed by atoms with Gasteiger partial charge in [-0.05, 0) is 55.9 Å². The second-order valence-corrected chi connectivity index (χ2v) is 5.40. The maximum Gasteiger partial charge on any atom is 0.269 e. The molecule has 0 saturated heterocycles. The summed E-state index contributed by atoms with van der Waals surface area (Å²) in [6.45, 7) is 3.64. The number of benzene rings is 1. The molecule has 0 radical (unpaired) electrons. The average Bonchev–Trinajstić information content (AvgIpc) is 2.96. The van der Waals surface area contributed by atoms with Gasteiger partial charge in [-0.2, -0.15) is 0 Å². The average molecular weight is 343 g/mol. The Bertz CT molecular complexity index is 796. The number of rotatable bonds is 3. The van der Waals surface area contributed by atoms with E-state index < -0.39 is 5.91 Å². The van der Waals surface area contributed by atoms with E-state index in [-0.39, 0.29) is 11.0 Å². The van der Waals surface area contributed by atoms with Crippen LogP contribution >= 0.6 is 12.2 Å². The Morgan fingerprint density at radius 2 is 1.83 bits per heavy atom. The number of carbonyl (C=O) groups is 2. The van der Waals surface area contributed by atoms with Gasteiger partial charge in [-0.25, -0.2) is 0 Å². The summed E-state index contributed by atoms with van der Waals surface area (Å²) in [7, 11) is 0. The van der Waals surface area contributed by atoms with Crippen LogP contribution in [0.5, 0.6) is 0 Å². The van der Waals surface area contributed by atoms with E-state index in [1.165, 1.54) is 12.2 Å². The molecule has 24 heavy (non-hydrogen) atoms. The third kappa shape index (κ3) is 5.06. The van der Waals surface area contributed by atoms with Gasteiger partial charge >= 0.3 is 0 Å². The fourth-order valence-corrected chi connectivity index (χ4v) is 2.05. The van der Waals surface area contributed by atoms with Crippen molar-refractivity contribution in [3.63, 3.8) is 0 Å². The van der Waals surface area contributed by atoms with Crippen molar-refractivity contribution in [2.75, 3.05) is 0 Å². The first kappa shape index (κ1) is 17.4. The minimum Gasteiger partial charge on any atom is -0.462 e. The maximum absolute atomic E-state index is 12.0. The van der Waals surface area contributed by atoms with Gasteiger partial charge in [0.05, 0.1) is 0 Å². The van der Waals surface area contributed by atoms with Crippen LogP contribution in [0.4, 0.5) is 0 Å². The van der Waals surface area contributed by atoms with Crippen molar-refractivity contribution in [3.8, 4) is 0 Å². The summed E-state index contributed by atoms with van der Waals surface area (Å²) in [6, 6.07) is 10.7. The van der Waals surface area contributed by atoms with Crippen LogP contribution in [0.3, 0.4) is 0 Å². The molecule has 0 fully saturated rings. The van der Waals surface area contributed by atoms with Crippen molar-refractivity contribution in [2.45, 2.75) is 13.8 Å². The van der Waals surface area contributed by atoms with Crippen molar-refractivity contribution >= 4 is 35.2 Å². The van der Waals surface area contributed by atoms with E-state index in [0.29, 0.717) is 11.3 Å². The lowest BCUT2D eigenvalue weighted by Gasteiger charge is -2.10. The number of hydrazine groups is 1. The molecular formula is C17H17N3O3S. The van der Waals surface area contributed by atoms with E-state index in [0.717, 1.165) is 11.3 Å². The molecule has 3 N–H and O–H groups in total. The lowest BCUT2D eigenvalue weighted by Crippen LogP contribution is -2.48. The summed E-state index contributed by atoms with van der Waals surface area (Å²) >= 11 is 4.95. The number of thiocarbonyl (C=S) groups is 1. The highest BCUT2D eigenvalue weighted by Gasteiger charge is 2.08. The molecule has 0 unspecified atom stereocenters. The van der Waals surface area contributed by atoms with Gasteiger partial charge in [0.1, 0.15) is 11.5 Å². The van der Waals surface area contributed by atoms with Gasteiger partial charge in [-0.3, -0.25) is 25.8 Å². The van der Waals surface area contributed by atoms with E-state index in [1.54, 1.807) is 24.3 Å². The first-order valence-electron chi connectivity index (χ1n) is 7.17. The van der Waals surface area contributed by atoms with Gasteiger partial charge in [0.15, 0.2) is 5.11 Å². The highest BCUT2D eigenvalue weighted by Crippen LogP contribution is 2.07. The molecule has 1 heterocycles. The highest BCUT2D eigenvalue weighted by atomic mass is 32.1. The molecule has 2 aromatic rings. The molecule has 0 bridgehead atoms. The van der Waals surface area contributed by atoms with Crippen molar-refractivity contribution < 1.29 is 14.0 Å². The van der Waals surface area contributed by atoms with Crippen molar-refractivity contribution in [3.05, 3.63) is 65.1 Å². The number of amides is 2. The number of aryl methyl sites for hydroxylation is 2. The Labute approximate surface area is 144 Å². The molecule has 1 aromatic heterocycles. The zero-order valence-corrected chi connectivity index (χ0v) is 14.1. The van der Waals surface area contributed by atoms with Gasteiger partial charge < -0.3 is 4.42 Å². The topological polar surface area (TPSA) is 83.4 Å². The van der Waals surface area contributed by atoms with E-state index in [2.05, 4.69) is 16.2 Å². The lowest BCUT2D eigenvalue weighted by atomic mass is 10.1. The van der Waals surface area contributed by atoms with Gasteiger partial charge in [-0.1, -0.05) is 18.2 Å². The number of hydrogen-bond acceptors (Lipinski definition) is 4. The summed E-state index contributed by atoms with van der Waals surface area (Å²) in [5.74, 6) is 0.540. The fourth-order valence-electron chi connectivity index (χ4n) is 1.89. The first-order chi connectivity index (χ1) is 11.5. The minimum atomic E-state index is -0.438. The van der Waals surface area contributed by atoms with Crippen LogP contribution in [0.25, 0.3) is 6.08 Å². The molecule has 6 nitrogen and oxygen atoms in total. The SMILES string of the molecule is Cc1ccc(/C=C/C(=O)NC(=S)NNC(=O)c2ccccc2C)o1. The quantitative estimate of drug-likeness (QED) is 0.452. The van der Waals surface area contributed by atoms with Crippen LogP contribution < -0.4 is 16.2 Å². The largest absolute Gasteiger partial charge is 0.462 e. The van der Waals surface area contributed by atoms with Crippen molar-refractivity contribution in [1.82, 2.24) is 16.2 Å². The molecular weight excluding hydrogens is 326 g/mol. The van der Waals surface area contributed by atoms with Crippen LogP contribution in [0, 0.1) is 13.8 Å². The molecule has 0 aliphatic carbocycles. The molecule has 124 valence electrons. The standard InChI is InChI=1S/C17H17N3O3S/c1-11-5-3-4-6-14(11)16(22)19-20-17(24)18-15(21)10-9-13-8-7-12(2)23-13/h3-10H,1-2H3,(H,19,22)(H2,18,20,21,24)/b10-9+. The summed E-state index contributed by atoms with van der Waals surface area (Å²) < 4.78 is 5.31. The zero-order valence-electron chi connectivity index (χ0n) is 13.3. The Morgan fingerprint density at radius 1 is 1.08 bits per heavy atom. The van der Waals surface area contributed by atoms with E-state index in [1.807, 2.05) is 26.0 Å². The predicted octanol–water partition coefficient (Wildman–Crippen LogP) is 2.25. The molecule has 0 aliphatic rings. The molecule has 2 rings (SSSR count). The Kier molecular flexibility index (Phi) is 5.86. The number of hydrogen-bond donors (Lipinski definition) is 3. The minimum absolute atomic E-state index is 0.0118. The molecule has 1 aromatic carbocycles. The van der Waals surface area contributed by atoms with E-state index in [4.69, 9.17) is 16.6 Å². The number of furan rings is 1. The van der Waals surface area contributed by atoms with Gasteiger partial charge in [0, 0.05) is 11.6 Å². The second kappa shape index (κ2) is 8.07. The predicted molar refractivity (Wildman–Crippen MR) is 95.0 cm³/mol. The van der Waals surface area contributed by atoms with Crippen LogP contribution in [-0.4, -0.2) is 16.9 Å². The van der Waals surface area contributed by atoms with Crippen LogP contribution in [0.15, 0.2) is 46.9 Å². The Balaban J connectivity index is 1.80. The van der Waals surface area contributed by atoms with E-state index in [9.17, 15) is 9.59 Å². The van der Waals surface area contributed by atoms with Crippen molar-refractivity contribution in [2.24, 2.45) is 0 Å². The Hall–Kier alpha value is -2.93. The molecule has 0 saturated carbocycles. The lowest BCUT2D eigenvalue weighted by molar-refractivity contribution is -0.115. The maximum atomic E-state index is 12.0. The molecule has 0 atom stereocenters. The summed E-state index contributed by atoms with van der Waals surface area (Å²) in [5, 5.41) is 2.40. The molecule has 7 heteroatoms. The molecule has 0 aliphatic heterocycles. The molecule has 0 spiro atoms. The van der Waals surface area contributed by atoms with Crippen LogP contribution in [0.1, 0.15) is 27.4 Å². The first-order valence-corrected chi connectivity index (χ1v) is 7.58. The second-order valence-electron chi connectivity index (χ2n) is 4.99. The normalized spacial score (nSPS) is 10.4. The summed E-state index contributed by atoms with van der Waals surface area (Å²) in [5.41, 5.74) is 6.28. The van der Waals surface area contributed by atoms with Crippen molar-refractivity contribution in [1.29, 1.82) is 0 Å². The van der Waals surface area contributed by atoms with E-state index >= 15 is 0 Å². The highest BCUT2D eigenvalue weighted by molar-refractivity contribution is 7.80. The van der Waals surface area contributed by atoms with Gasteiger partial charge in [0.25, 0.3) is 5.91 Å². The van der Waals surface area contributed by atoms with Crippen LogP contribution in [-0.2, 0) is 4.79 Å². The van der Waals surface area contributed by atoms with Crippen LogP contribution in [0.2, 0.25) is 0 Å². The third-order valence-corrected chi connectivity index (χ3v) is 3.28. The smallest absolute Gasteiger partial charge is 0.269 e. The summed E-state index contributed by atoms with van der Waals surface area (Å²) in [4.78, 5) is 23.7.